The van der Waals surface area contributed by atoms with Crippen molar-refractivity contribution in [2.75, 3.05) is 5.32 Å². The highest BCUT2D eigenvalue weighted by atomic mass is 19.1. The van der Waals surface area contributed by atoms with E-state index in [0.29, 0.717) is 11.3 Å². The molecule has 0 bridgehead atoms. The van der Waals surface area contributed by atoms with E-state index in [1.807, 2.05) is 0 Å². The molecule has 0 aromatic heterocycles. The van der Waals surface area contributed by atoms with Gasteiger partial charge in [-0.25, -0.2) is 8.78 Å². The minimum Gasteiger partial charge on any atom is -0.323 e. The summed E-state index contributed by atoms with van der Waals surface area (Å²) >= 11 is 0. The van der Waals surface area contributed by atoms with Crippen LogP contribution in [0.3, 0.4) is 0 Å². The normalized spacial score (nSPS) is 10.5. The Morgan fingerprint density at radius 1 is 1.00 bits per heavy atom. The molecule has 0 unspecified atom stereocenters. The molecule has 0 aliphatic carbocycles. The summed E-state index contributed by atoms with van der Waals surface area (Å²) in [4.78, 5) is 23.1. The van der Waals surface area contributed by atoms with Gasteiger partial charge in [0.1, 0.15) is 11.6 Å². The number of halogens is 2. The van der Waals surface area contributed by atoms with Crippen LogP contribution in [0.2, 0.25) is 0 Å². The van der Waals surface area contributed by atoms with Crippen molar-refractivity contribution >= 4 is 23.5 Å². The van der Waals surface area contributed by atoms with Crippen molar-refractivity contribution in [3.8, 4) is 0 Å². The Morgan fingerprint density at radius 3 is 2.17 bits per heavy atom. The van der Waals surface area contributed by atoms with Crippen LogP contribution in [0.15, 0.2) is 61.2 Å². The van der Waals surface area contributed by atoms with Gasteiger partial charge in [-0.3, -0.25) is 9.59 Å². The van der Waals surface area contributed by atoms with Gasteiger partial charge in [0.05, 0.1) is 0 Å². The van der Waals surface area contributed by atoms with Crippen LogP contribution in [0.1, 0.15) is 15.9 Å². The number of hydrogen-bond acceptors (Lipinski definition) is 2. The standard InChI is InChI=1S/C18H13F2NO2/c1-2-18(23)21-13-8-6-12(7-9-13)17(22)11-10-14-15(19)4-3-5-16(14)20/h2-11H,1H2,(H,21,23)/b11-10+. The van der Waals surface area contributed by atoms with Crippen LogP contribution in [0.25, 0.3) is 6.08 Å². The minimum absolute atomic E-state index is 0.268. The third-order valence-electron chi connectivity index (χ3n) is 3.02. The number of ketones is 1. The highest BCUT2D eigenvalue weighted by molar-refractivity contribution is 6.07. The molecule has 3 nitrogen and oxygen atoms in total. The molecule has 0 saturated heterocycles. The lowest BCUT2D eigenvalue weighted by molar-refractivity contribution is -0.111. The highest BCUT2D eigenvalue weighted by Gasteiger charge is 2.07. The van der Waals surface area contributed by atoms with E-state index < -0.39 is 17.4 Å². The van der Waals surface area contributed by atoms with Crippen LogP contribution < -0.4 is 5.32 Å². The molecule has 2 aromatic rings. The Balaban J connectivity index is 2.13. The van der Waals surface area contributed by atoms with E-state index in [4.69, 9.17) is 0 Å². The lowest BCUT2D eigenvalue weighted by atomic mass is 10.1. The smallest absolute Gasteiger partial charge is 0.247 e. The summed E-state index contributed by atoms with van der Waals surface area (Å²) < 4.78 is 26.9. The molecule has 2 rings (SSSR count). The predicted octanol–water partition coefficient (Wildman–Crippen LogP) is 3.99. The minimum atomic E-state index is -0.739. The van der Waals surface area contributed by atoms with Crippen LogP contribution in [-0.2, 0) is 4.79 Å². The van der Waals surface area contributed by atoms with Crippen molar-refractivity contribution in [3.05, 3.63) is 84.0 Å². The highest BCUT2D eigenvalue weighted by Crippen LogP contribution is 2.15. The molecule has 1 amide bonds. The molecule has 0 spiro atoms. The topological polar surface area (TPSA) is 46.2 Å². The second-order valence-corrected chi connectivity index (χ2v) is 4.60. The van der Waals surface area contributed by atoms with Crippen molar-refractivity contribution in [1.29, 1.82) is 0 Å². The van der Waals surface area contributed by atoms with Crippen molar-refractivity contribution in [1.82, 2.24) is 0 Å². The van der Waals surface area contributed by atoms with Gasteiger partial charge < -0.3 is 5.32 Å². The van der Waals surface area contributed by atoms with Gasteiger partial charge >= 0.3 is 0 Å². The number of nitrogens with one attached hydrogen (secondary N) is 1. The average Bonchev–Trinajstić information content (AvgIpc) is 2.54. The van der Waals surface area contributed by atoms with E-state index in [1.54, 1.807) is 12.1 Å². The number of rotatable bonds is 5. The molecule has 0 atom stereocenters. The number of amides is 1. The van der Waals surface area contributed by atoms with E-state index in [9.17, 15) is 18.4 Å². The molecule has 0 heterocycles. The predicted molar refractivity (Wildman–Crippen MR) is 85.0 cm³/mol. The molecule has 0 saturated carbocycles. The first-order valence-corrected chi connectivity index (χ1v) is 6.71. The third-order valence-corrected chi connectivity index (χ3v) is 3.02. The zero-order valence-corrected chi connectivity index (χ0v) is 12.1. The van der Waals surface area contributed by atoms with Gasteiger partial charge in [0.25, 0.3) is 0 Å². The molecule has 1 N–H and O–H groups in total. The third kappa shape index (κ3) is 4.20. The van der Waals surface area contributed by atoms with Crippen molar-refractivity contribution in [2.24, 2.45) is 0 Å². The molecule has 0 radical (unpaired) electrons. The van der Waals surface area contributed by atoms with Gasteiger partial charge in [0.15, 0.2) is 5.78 Å². The van der Waals surface area contributed by atoms with E-state index in [2.05, 4.69) is 11.9 Å². The Hall–Kier alpha value is -3.08. The lowest BCUT2D eigenvalue weighted by Crippen LogP contribution is -2.07. The quantitative estimate of drug-likeness (QED) is 0.670. The number of carbonyl (C=O) groups is 2. The Morgan fingerprint density at radius 2 is 1.61 bits per heavy atom. The van der Waals surface area contributed by atoms with Crippen LogP contribution in [0.4, 0.5) is 14.5 Å². The second kappa shape index (κ2) is 7.26. The van der Waals surface area contributed by atoms with E-state index >= 15 is 0 Å². The zero-order valence-electron chi connectivity index (χ0n) is 12.1. The fraction of sp³-hybridized carbons (Fsp3) is 0. The number of hydrogen-bond donors (Lipinski definition) is 1. The molecule has 0 aliphatic heterocycles. The van der Waals surface area contributed by atoms with Gasteiger partial charge in [0.2, 0.25) is 5.91 Å². The summed E-state index contributed by atoms with van der Waals surface area (Å²) in [6, 6.07) is 9.58. The molecule has 23 heavy (non-hydrogen) atoms. The van der Waals surface area contributed by atoms with Crippen LogP contribution >= 0.6 is 0 Å². The van der Waals surface area contributed by atoms with Gasteiger partial charge in [-0.2, -0.15) is 0 Å². The maximum Gasteiger partial charge on any atom is 0.247 e. The number of carbonyl (C=O) groups excluding carboxylic acids is 2. The molecular weight excluding hydrogens is 300 g/mol. The largest absolute Gasteiger partial charge is 0.323 e. The maximum atomic E-state index is 13.5. The monoisotopic (exact) mass is 313 g/mol. The van der Waals surface area contributed by atoms with Crippen molar-refractivity contribution in [3.63, 3.8) is 0 Å². The second-order valence-electron chi connectivity index (χ2n) is 4.60. The summed E-state index contributed by atoms with van der Waals surface area (Å²) in [7, 11) is 0. The first-order chi connectivity index (χ1) is 11.0. The summed E-state index contributed by atoms with van der Waals surface area (Å²) in [5, 5.41) is 2.55. The molecule has 116 valence electrons. The van der Waals surface area contributed by atoms with E-state index in [0.717, 1.165) is 30.4 Å². The van der Waals surface area contributed by atoms with Crippen molar-refractivity contribution in [2.45, 2.75) is 0 Å². The van der Waals surface area contributed by atoms with Gasteiger partial charge in [-0.05, 0) is 54.6 Å². The van der Waals surface area contributed by atoms with Crippen molar-refractivity contribution < 1.29 is 18.4 Å². The SMILES string of the molecule is C=CC(=O)Nc1ccc(C(=O)/C=C/c2c(F)cccc2F)cc1. The summed E-state index contributed by atoms with van der Waals surface area (Å²) in [5.74, 6) is -2.25. The Bertz CT molecular complexity index is 760. The zero-order chi connectivity index (χ0) is 16.8. The molecule has 2 aromatic carbocycles. The lowest BCUT2D eigenvalue weighted by Gasteiger charge is -2.03. The average molecular weight is 313 g/mol. The fourth-order valence-electron chi connectivity index (χ4n) is 1.84. The summed E-state index contributed by atoms with van der Waals surface area (Å²) in [6.45, 7) is 3.33. The Kier molecular flexibility index (Phi) is 5.15. The van der Waals surface area contributed by atoms with E-state index in [-0.39, 0.29) is 11.5 Å². The van der Waals surface area contributed by atoms with Crippen LogP contribution in [0.5, 0.6) is 0 Å². The maximum absolute atomic E-state index is 13.5. The number of benzene rings is 2. The number of allylic oxidation sites excluding steroid dienone is 1. The fourth-order valence-corrected chi connectivity index (χ4v) is 1.84. The van der Waals surface area contributed by atoms with Gasteiger partial charge in [-0.1, -0.05) is 12.6 Å². The van der Waals surface area contributed by atoms with Crippen LogP contribution in [-0.4, -0.2) is 11.7 Å². The molecule has 0 aliphatic rings. The van der Waals surface area contributed by atoms with Gasteiger partial charge in [-0.15, -0.1) is 0 Å². The molecular formula is C18H13F2NO2. The van der Waals surface area contributed by atoms with Gasteiger partial charge in [0, 0.05) is 16.8 Å². The summed E-state index contributed by atoms with van der Waals surface area (Å²) in [6.07, 6.45) is 3.32. The molecule has 0 fully saturated rings. The first-order valence-electron chi connectivity index (χ1n) is 6.71. The molecule has 5 heteroatoms. The first kappa shape index (κ1) is 16.3. The number of anilines is 1. The van der Waals surface area contributed by atoms with Crippen LogP contribution in [0, 0.1) is 11.6 Å². The Labute approximate surface area is 132 Å². The van der Waals surface area contributed by atoms with E-state index in [1.165, 1.54) is 18.2 Å². The summed E-state index contributed by atoms with van der Waals surface area (Å²) in [5.41, 5.74) is 0.570.